The smallest absolute Gasteiger partial charge is 0.242 e. The van der Waals surface area contributed by atoms with Gasteiger partial charge in [0.1, 0.15) is 23.5 Å². The van der Waals surface area contributed by atoms with Crippen molar-refractivity contribution in [3.8, 4) is 17.3 Å². The zero-order valence-corrected chi connectivity index (χ0v) is 18.5. The third-order valence-electron chi connectivity index (χ3n) is 6.18. The Morgan fingerprint density at radius 2 is 2.00 bits per heavy atom. The monoisotopic (exact) mass is 439 g/mol. The van der Waals surface area contributed by atoms with Gasteiger partial charge in [-0.15, -0.1) is 0 Å². The Morgan fingerprint density at radius 1 is 1.12 bits per heavy atom. The molecule has 2 aliphatic rings. The molecular formula is C25H25N7O. The Labute approximate surface area is 192 Å². The highest BCUT2D eigenvalue weighted by Gasteiger charge is 2.31. The van der Waals surface area contributed by atoms with Crippen molar-refractivity contribution in [1.82, 2.24) is 20.3 Å². The number of rotatable bonds is 6. The van der Waals surface area contributed by atoms with Crippen LogP contribution in [-0.2, 0) is 4.79 Å². The van der Waals surface area contributed by atoms with Gasteiger partial charge in [-0.05, 0) is 73.6 Å². The number of carbonyl (C=O) groups excluding carboxylic acids is 1. The third kappa shape index (κ3) is 4.48. The number of amides is 1. The van der Waals surface area contributed by atoms with E-state index in [1.54, 1.807) is 25.4 Å². The SMILES string of the molecule is CNC(=O)[C@@H]1CCCN1c1ccc(-c2cc(C3CC3)cc(Nc3cc(C#N)ccn3)n2)cn1. The van der Waals surface area contributed by atoms with Crippen LogP contribution in [0.2, 0.25) is 0 Å². The minimum atomic E-state index is -0.169. The molecule has 4 heterocycles. The van der Waals surface area contributed by atoms with Gasteiger partial charge in [0, 0.05) is 31.5 Å². The first-order chi connectivity index (χ1) is 16.1. The van der Waals surface area contributed by atoms with Crippen molar-refractivity contribution in [3.63, 3.8) is 0 Å². The lowest BCUT2D eigenvalue weighted by Crippen LogP contribution is -2.42. The number of hydrogen-bond acceptors (Lipinski definition) is 7. The van der Waals surface area contributed by atoms with Gasteiger partial charge in [-0.3, -0.25) is 4.79 Å². The summed E-state index contributed by atoms with van der Waals surface area (Å²) in [6.45, 7) is 0.822. The maximum absolute atomic E-state index is 12.2. The van der Waals surface area contributed by atoms with E-state index in [9.17, 15) is 4.79 Å². The lowest BCUT2D eigenvalue weighted by molar-refractivity contribution is -0.121. The molecule has 166 valence electrons. The van der Waals surface area contributed by atoms with Crippen molar-refractivity contribution in [2.24, 2.45) is 0 Å². The molecule has 33 heavy (non-hydrogen) atoms. The number of nitrogens with one attached hydrogen (secondary N) is 2. The lowest BCUT2D eigenvalue weighted by atomic mass is 10.1. The van der Waals surface area contributed by atoms with Gasteiger partial charge in [0.2, 0.25) is 5.91 Å². The molecule has 0 aromatic carbocycles. The van der Waals surface area contributed by atoms with Crippen LogP contribution in [0, 0.1) is 11.3 Å². The second-order valence-electron chi connectivity index (χ2n) is 8.48. The molecule has 1 aliphatic heterocycles. The number of aromatic nitrogens is 3. The van der Waals surface area contributed by atoms with E-state index in [0.29, 0.717) is 23.1 Å². The predicted molar refractivity (Wildman–Crippen MR) is 126 cm³/mol. The molecule has 1 saturated heterocycles. The fraction of sp³-hybridized carbons (Fsp3) is 0.320. The summed E-state index contributed by atoms with van der Waals surface area (Å²) in [5, 5.41) is 15.2. The van der Waals surface area contributed by atoms with E-state index in [0.717, 1.165) is 36.5 Å². The third-order valence-corrected chi connectivity index (χ3v) is 6.18. The van der Waals surface area contributed by atoms with Gasteiger partial charge in [0.25, 0.3) is 0 Å². The highest BCUT2D eigenvalue weighted by Crippen LogP contribution is 2.42. The molecule has 0 bridgehead atoms. The molecule has 0 radical (unpaired) electrons. The maximum Gasteiger partial charge on any atom is 0.242 e. The Balaban J connectivity index is 1.42. The summed E-state index contributed by atoms with van der Waals surface area (Å²) in [6, 6.07) is 13.5. The molecule has 1 saturated carbocycles. The van der Waals surface area contributed by atoms with Crippen LogP contribution in [-0.4, -0.2) is 40.5 Å². The zero-order valence-electron chi connectivity index (χ0n) is 18.5. The molecule has 8 nitrogen and oxygen atoms in total. The van der Waals surface area contributed by atoms with E-state index >= 15 is 0 Å². The number of likely N-dealkylation sites (N-methyl/N-ethyl adjacent to an activating group) is 1. The number of anilines is 3. The molecule has 3 aromatic heterocycles. The first-order valence-corrected chi connectivity index (χ1v) is 11.2. The summed E-state index contributed by atoms with van der Waals surface area (Å²) >= 11 is 0. The summed E-state index contributed by atoms with van der Waals surface area (Å²) in [6.07, 6.45) is 7.61. The second-order valence-corrected chi connectivity index (χ2v) is 8.48. The summed E-state index contributed by atoms with van der Waals surface area (Å²) in [4.78, 5) is 28.0. The second kappa shape index (κ2) is 8.87. The quantitative estimate of drug-likeness (QED) is 0.602. The van der Waals surface area contributed by atoms with E-state index in [2.05, 4.69) is 43.7 Å². The first kappa shape index (κ1) is 20.9. The Morgan fingerprint density at radius 3 is 2.73 bits per heavy atom. The number of nitrogens with zero attached hydrogens (tertiary/aromatic N) is 5. The molecule has 1 atom stereocenters. The van der Waals surface area contributed by atoms with E-state index in [1.165, 1.54) is 18.4 Å². The fourth-order valence-electron chi connectivity index (χ4n) is 4.30. The molecule has 8 heteroatoms. The van der Waals surface area contributed by atoms with Crippen molar-refractivity contribution in [1.29, 1.82) is 5.26 Å². The minimum absolute atomic E-state index is 0.0296. The largest absolute Gasteiger partial charge is 0.357 e. The molecule has 2 N–H and O–H groups in total. The van der Waals surface area contributed by atoms with Gasteiger partial charge in [-0.25, -0.2) is 15.0 Å². The number of hydrogen-bond donors (Lipinski definition) is 2. The van der Waals surface area contributed by atoms with E-state index in [4.69, 9.17) is 10.2 Å². The average molecular weight is 440 g/mol. The van der Waals surface area contributed by atoms with Gasteiger partial charge in [0.05, 0.1) is 17.3 Å². The molecule has 0 spiro atoms. The molecule has 1 amide bonds. The lowest BCUT2D eigenvalue weighted by Gasteiger charge is -2.24. The summed E-state index contributed by atoms with van der Waals surface area (Å²) < 4.78 is 0. The van der Waals surface area contributed by atoms with Crippen LogP contribution >= 0.6 is 0 Å². The van der Waals surface area contributed by atoms with Crippen LogP contribution in [0.25, 0.3) is 11.3 Å². The van der Waals surface area contributed by atoms with Gasteiger partial charge >= 0.3 is 0 Å². The molecule has 2 fully saturated rings. The number of carbonyl (C=O) groups is 1. The Hall–Kier alpha value is -3.99. The van der Waals surface area contributed by atoms with Crippen LogP contribution < -0.4 is 15.5 Å². The summed E-state index contributed by atoms with van der Waals surface area (Å²) in [7, 11) is 1.67. The Bertz CT molecular complexity index is 1210. The van der Waals surface area contributed by atoms with Gasteiger partial charge in [-0.1, -0.05) is 0 Å². The van der Waals surface area contributed by atoms with E-state index in [1.807, 2.05) is 18.3 Å². The molecule has 1 aliphatic carbocycles. The average Bonchev–Trinajstić information content (AvgIpc) is 3.60. The van der Waals surface area contributed by atoms with Gasteiger partial charge in [-0.2, -0.15) is 5.26 Å². The van der Waals surface area contributed by atoms with Crippen LogP contribution in [0.3, 0.4) is 0 Å². The van der Waals surface area contributed by atoms with Gasteiger partial charge in [0.15, 0.2) is 0 Å². The summed E-state index contributed by atoms with van der Waals surface area (Å²) in [5.41, 5.74) is 3.53. The topological polar surface area (TPSA) is 107 Å². The highest BCUT2D eigenvalue weighted by atomic mass is 16.2. The van der Waals surface area contributed by atoms with Crippen molar-refractivity contribution in [3.05, 3.63) is 59.9 Å². The fourth-order valence-corrected chi connectivity index (χ4v) is 4.30. The molecule has 3 aromatic rings. The molecule has 0 unspecified atom stereocenters. The Kier molecular flexibility index (Phi) is 5.61. The first-order valence-electron chi connectivity index (χ1n) is 11.2. The van der Waals surface area contributed by atoms with Gasteiger partial charge < -0.3 is 15.5 Å². The summed E-state index contributed by atoms with van der Waals surface area (Å²) in [5.74, 6) is 2.67. The van der Waals surface area contributed by atoms with Crippen molar-refractivity contribution in [2.75, 3.05) is 23.8 Å². The van der Waals surface area contributed by atoms with Crippen LogP contribution in [0.1, 0.15) is 42.7 Å². The standard InChI is InChI=1S/C25H25N7O/c1-27-25(33)21-3-2-10-32(21)24-7-6-18(15-29-24)20-12-19(17-4-5-17)13-23(30-20)31-22-11-16(14-26)8-9-28-22/h6-9,11-13,15,17,21H,2-5,10H2,1H3,(H,27,33)(H,28,30,31)/t21-/m0/s1. The minimum Gasteiger partial charge on any atom is -0.357 e. The van der Waals surface area contributed by atoms with Crippen LogP contribution in [0.15, 0.2) is 48.8 Å². The van der Waals surface area contributed by atoms with Crippen molar-refractivity contribution < 1.29 is 4.79 Å². The van der Waals surface area contributed by atoms with Crippen molar-refractivity contribution >= 4 is 23.4 Å². The van der Waals surface area contributed by atoms with E-state index in [-0.39, 0.29) is 11.9 Å². The number of nitriles is 1. The van der Waals surface area contributed by atoms with E-state index < -0.39 is 0 Å². The predicted octanol–water partition coefficient (Wildman–Crippen LogP) is 3.75. The normalized spacial score (nSPS) is 17.5. The van der Waals surface area contributed by atoms with Crippen LogP contribution in [0.4, 0.5) is 17.5 Å². The van der Waals surface area contributed by atoms with Crippen molar-refractivity contribution in [2.45, 2.75) is 37.6 Å². The maximum atomic E-state index is 12.2. The number of pyridine rings is 3. The highest BCUT2D eigenvalue weighted by molar-refractivity contribution is 5.85. The van der Waals surface area contributed by atoms with Crippen LogP contribution in [0.5, 0.6) is 0 Å². The molecule has 5 rings (SSSR count). The zero-order chi connectivity index (χ0) is 22.8. The molecular weight excluding hydrogens is 414 g/mol.